The highest BCUT2D eigenvalue weighted by molar-refractivity contribution is 6.30. The van der Waals surface area contributed by atoms with Gasteiger partial charge >= 0.3 is 0 Å². The largest absolute Gasteiger partial charge is 0.497 e. The van der Waals surface area contributed by atoms with E-state index in [4.69, 9.17) is 22.2 Å². The summed E-state index contributed by atoms with van der Waals surface area (Å²) in [5, 5.41) is 0.0264. The van der Waals surface area contributed by atoms with Gasteiger partial charge in [-0.1, -0.05) is 23.7 Å². The maximum atomic E-state index is 14.1. The summed E-state index contributed by atoms with van der Waals surface area (Å²) in [4.78, 5) is 0. The highest BCUT2D eigenvalue weighted by Gasteiger charge is 2.16. The maximum absolute atomic E-state index is 14.1. The lowest BCUT2D eigenvalue weighted by Gasteiger charge is -2.18. The fraction of sp³-hybridized carbons (Fsp3) is 0.200. The average molecular weight is 313 g/mol. The molecule has 0 spiro atoms. The van der Waals surface area contributed by atoms with Crippen LogP contribution in [0.2, 0.25) is 5.02 Å². The number of nitrogens with one attached hydrogen (secondary N) is 1. The van der Waals surface area contributed by atoms with Gasteiger partial charge in [0.05, 0.1) is 18.2 Å². The van der Waals surface area contributed by atoms with Gasteiger partial charge in [0.25, 0.3) is 0 Å². The van der Waals surface area contributed by atoms with Gasteiger partial charge in [-0.05, 0) is 30.2 Å². The fourth-order valence-electron chi connectivity index (χ4n) is 2.08. The van der Waals surface area contributed by atoms with Crippen LogP contribution in [0.15, 0.2) is 36.4 Å². The van der Waals surface area contributed by atoms with E-state index in [1.165, 1.54) is 25.3 Å². The normalized spacial score (nSPS) is 12.2. The first kappa shape index (κ1) is 15.7. The number of hydrogen-bond acceptors (Lipinski definition) is 3. The van der Waals surface area contributed by atoms with Gasteiger partial charge in [0.15, 0.2) is 0 Å². The molecule has 112 valence electrons. The van der Waals surface area contributed by atoms with Gasteiger partial charge in [-0.2, -0.15) is 0 Å². The molecule has 0 radical (unpaired) electrons. The summed E-state index contributed by atoms with van der Waals surface area (Å²) in [7, 11) is 1.47. The maximum Gasteiger partial charge on any atom is 0.141 e. The summed E-state index contributed by atoms with van der Waals surface area (Å²) in [6, 6.07) is 8.45. The van der Waals surface area contributed by atoms with E-state index < -0.39 is 17.7 Å². The van der Waals surface area contributed by atoms with Crippen LogP contribution in [0, 0.1) is 11.6 Å². The average Bonchev–Trinajstić information content (AvgIpc) is 2.48. The van der Waals surface area contributed by atoms with Crippen molar-refractivity contribution in [2.45, 2.75) is 12.5 Å². The topological polar surface area (TPSA) is 47.3 Å². The van der Waals surface area contributed by atoms with Gasteiger partial charge < -0.3 is 4.74 Å². The fourth-order valence-corrected chi connectivity index (χ4v) is 2.28. The molecule has 1 atom stereocenters. The van der Waals surface area contributed by atoms with Crippen molar-refractivity contribution < 1.29 is 13.5 Å². The third kappa shape index (κ3) is 3.69. The zero-order chi connectivity index (χ0) is 15.4. The monoisotopic (exact) mass is 312 g/mol. The van der Waals surface area contributed by atoms with Gasteiger partial charge in [0.2, 0.25) is 0 Å². The predicted molar refractivity (Wildman–Crippen MR) is 78.1 cm³/mol. The number of benzene rings is 2. The molecular formula is C15H15ClF2N2O. The van der Waals surface area contributed by atoms with Crippen molar-refractivity contribution in [2.24, 2.45) is 5.84 Å². The third-order valence-electron chi connectivity index (χ3n) is 3.21. The molecule has 21 heavy (non-hydrogen) atoms. The van der Waals surface area contributed by atoms with Crippen molar-refractivity contribution in [3.8, 4) is 5.75 Å². The molecule has 0 saturated heterocycles. The van der Waals surface area contributed by atoms with Crippen LogP contribution >= 0.6 is 11.6 Å². The Morgan fingerprint density at radius 2 is 1.95 bits per heavy atom. The molecule has 2 aromatic carbocycles. The third-order valence-corrected chi connectivity index (χ3v) is 3.50. The number of ether oxygens (including phenoxy) is 1. The van der Waals surface area contributed by atoms with Crippen molar-refractivity contribution in [3.05, 3.63) is 64.2 Å². The first-order valence-corrected chi connectivity index (χ1v) is 6.66. The quantitative estimate of drug-likeness (QED) is 0.657. The summed E-state index contributed by atoms with van der Waals surface area (Å²) in [5.41, 5.74) is 3.71. The van der Waals surface area contributed by atoms with Gasteiger partial charge in [-0.25, -0.2) is 8.78 Å². The number of nitrogens with two attached hydrogens (primary N) is 1. The Balaban J connectivity index is 2.25. The lowest BCUT2D eigenvalue weighted by molar-refractivity contribution is 0.409. The Morgan fingerprint density at radius 1 is 1.19 bits per heavy atom. The molecule has 2 rings (SSSR count). The molecular weight excluding hydrogens is 298 g/mol. The van der Waals surface area contributed by atoms with Gasteiger partial charge in [0.1, 0.15) is 17.4 Å². The number of rotatable bonds is 5. The molecule has 1 unspecified atom stereocenters. The highest BCUT2D eigenvalue weighted by atomic mass is 35.5. The number of hydrogen-bond donors (Lipinski definition) is 2. The molecule has 3 nitrogen and oxygen atoms in total. The molecule has 0 bridgehead atoms. The Hall–Kier alpha value is -1.69. The molecule has 0 aliphatic heterocycles. The summed E-state index contributed by atoms with van der Waals surface area (Å²) in [6.45, 7) is 0. The SMILES string of the molecule is COc1ccc(C(Cc2ccc(F)c(Cl)c2)NN)c(F)c1. The molecule has 0 amide bonds. The van der Waals surface area contributed by atoms with Crippen LogP contribution in [0.5, 0.6) is 5.75 Å². The number of methoxy groups -OCH3 is 1. The standard InChI is InChI=1S/C15H15ClF2N2O/c1-21-10-3-4-11(14(18)8-10)15(20-19)7-9-2-5-13(17)12(16)6-9/h2-6,8,15,20H,7,19H2,1H3. The van der Waals surface area contributed by atoms with E-state index in [-0.39, 0.29) is 5.02 Å². The lowest BCUT2D eigenvalue weighted by Crippen LogP contribution is -2.30. The molecule has 0 aromatic heterocycles. The van der Waals surface area contributed by atoms with Gasteiger partial charge in [-0.3, -0.25) is 11.3 Å². The molecule has 2 aromatic rings. The van der Waals surface area contributed by atoms with E-state index in [1.807, 2.05) is 0 Å². The van der Waals surface area contributed by atoms with Gasteiger partial charge in [0, 0.05) is 11.6 Å². The summed E-state index contributed by atoms with van der Waals surface area (Å²) >= 11 is 5.74. The van der Waals surface area contributed by atoms with Crippen LogP contribution in [0.1, 0.15) is 17.2 Å². The first-order valence-electron chi connectivity index (χ1n) is 6.28. The second kappa shape index (κ2) is 6.85. The molecule has 0 saturated carbocycles. The minimum absolute atomic E-state index is 0.0264. The van der Waals surface area contributed by atoms with Crippen molar-refractivity contribution in [3.63, 3.8) is 0 Å². The molecule has 6 heteroatoms. The Morgan fingerprint density at radius 3 is 2.52 bits per heavy atom. The van der Waals surface area contributed by atoms with Crippen LogP contribution in [0.25, 0.3) is 0 Å². The summed E-state index contributed by atoms with van der Waals surface area (Å²) in [5.74, 6) is 5.01. The second-order valence-corrected chi connectivity index (χ2v) is 4.97. The molecule has 0 heterocycles. The van der Waals surface area contributed by atoms with E-state index >= 15 is 0 Å². The highest BCUT2D eigenvalue weighted by Crippen LogP contribution is 2.25. The van der Waals surface area contributed by atoms with E-state index in [0.29, 0.717) is 17.7 Å². The van der Waals surface area contributed by atoms with Crippen LogP contribution in [0.3, 0.4) is 0 Å². The van der Waals surface area contributed by atoms with Crippen molar-refractivity contribution in [1.82, 2.24) is 5.43 Å². The number of hydrazine groups is 1. The van der Waals surface area contributed by atoms with Crippen molar-refractivity contribution >= 4 is 11.6 Å². The van der Waals surface area contributed by atoms with Crippen molar-refractivity contribution in [1.29, 1.82) is 0 Å². The van der Waals surface area contributed by atoms with Crippen LogP contribution in [-0.2, 0) is 6.42 Å². The lowest BCUT2D eigenvalue weighted by atomic mass is 9.99. The molecule has 3 N–H and O–H groups in total. The Bertz CT molecular complexity index is 637. The zero-order valence-electron chi connectivity index (χ0n) is 11.4. The van der Waals surface area contributed by atoms with Crippen LogP contribution < -0.4 is 16.0 Å². The Labute approximate surface area is 126 Å². The minimum Gasteiger partial charge on any atom is -0.497 e. The molecule has 0 aliphatic rings. The van der Waals surface area contributed by atoms with Crippen molar-refractivity contribution in [2.75, 3.05) is 7.11 Å². The van der Waals surface area contributed by atoms with E-state index in [9.17, 15) is 8.78 Å². The summed E-state index contributed by atoms with van der Waals surface area (Å²) in [6.07, 6.45) is 0.375. The van der Waals surface area contributed by atoms with E-state index in [1.54, 1.807) is 18.2 Å². The smallest absolute Gasteiger partial charge is 0.141 e. The summed E-state index contributed by atoms with van der Waals surface area (Å²) < 4.78 is 32.2. The second-order valence-electron chi connectivity index (χ2n) is 4.56. The van der Waals surface area contributed by atoms with E-state index in [0.717, 1.165) is 5.56 Å². The molecule has 0 aliphatic carbocycles. The van der Waals surface area contributed by atoms with E-state index in [2.05, 4.69) is 5.43 Å². The number of halogens is 3. The Kier molecular flexibility index (Phi) is 5.12. The predicted octanol–water partition coefficient (Wildman–Crippen LogP) is 3.37. The first-order chi connectivity index (χ1) is 10.0. The molecule has 0 fully saturated rings. The minimum atomic E-state index is -0.492. The van der Waals surface area contributed by atoms with Crippen LogP contribution in [-0.4, -0.2) is 7.11 Å². The van der Waals surface area contributed by atoms with Gasteiger partial charge in [-0.15, -0.1) is 0 Å². The zero-order valence-corrected chi connectivity index (χ0v) is 12.1. The van der Waals surface area contributed by atoms with Crippen LogP contribution in [0.4, 0.5) is 8.78 Å².